The number of H-pyrrole nitrogens is 1. The first-order chi connectivity index (χ1) is 15.9. The van der Waals surface area contributed by atoms with Crippen molar-refractivity contribution in [3.8, 4) is 0 Å². The fraction of sp³-hybridized carbons (Fsp3) is 0.423. The van der Waals surface area contributed by atoms with Crippen LogP contribution in [0.15, 0.2) is 52.1 Å². The maximum Gasteiger partial charge on any atom is 0.328 e. The molecule has 1 N–H and O–H groups in total. The van der Waals surface area contributed by atoms with Crippen molar-refractivity contribution in [1.29, 1.82) is 0 Å². The summed E-state index contributed by atoms with van der Waals surface area (Å²) in [5, 5.41) is 0.431. The zero-order chi connectivity index (χ0) is 23.5. The number of aryl methyl sites for hydroxylation is 1. The van der Waals surface area contributed by atoms with E-state index >= 15 is 0 Å². The van der Waals surface area contributed by atoms with Gasteiger partial charge in [-0.15, -0.1) is 0 Å². The van der Waals surface area contributed by atoms with Gasteiger partial charge in [0, 0.05) is 43.5 Å². The molecule has 0 radical (unpaired) electrons. The number of hydrogen-bond acceptors (Lipinski definition) is 4. The van der Waals surface area contributed by atoms with E-state index in [1.54, 1.807) is 18.2 Å². The normalized spacial score (nSPS) is 16.4. The van der Waals surface area contributed by atoms with Gasteiger partial charge in [-0.3, -0.25) is 14.2 Å². The van der Waals surface area contributed by atoms with Crippen LogP contribution in [0.2, 0.25) is 0 Å². The number of unbranched alkanes of at least 4 members (excludes halogenated alkanes) is 2. The van der Waals surface area contributed by atoms with Crippen LogP contribution in [0.25, 0.3) is 10.9 Å². The lowest BCUT2D eigenvalue weighted by atomic mass is 10.1. The zero-order valence-electron chi connectivity index (χ0n) is 19.6. The third kappa shape index (κ3) is 4.72. The predicted octanol–water partition coefficient (Wildman–Crippen LogP) is 3.54. The third-order valence-electron chi connectivity index (χ3n) is 6.46. The van der Waals surface area contributed by atoms with Gasteiger partial charge in [0.1, 0.15) is 0 Å². The molecule has 3 aromatic rings. The molecule has 33 heavy (non-hydrogen) atoms. The van der Waals surface area contributed by atoms with Crippen molar-refractivity contribution >= 4 is 22.5 Å². The van der Waals surface area contributed by atoms with Crippen LogP contribution in [0.4, 0.5) is 5.69 Å². The lowest BCUT2D eigenvalue weighted by Gasteiger charge is -2.41. The number of anilines is 1. The summed E-state index contributed by atoms with van der Waals surface area (Å²) in [5.41, 5.74) is 2.56. The number of carbonyl (C=O) groups excluding carboxylic acids is 1. The van der Waals surface area contributed by atoms with Crippen LogP contribution < -0.4 is 16.1 Å². The smallest absolute Gasteiger partial charge is 0.328 e. The Morgan fingerprint density at radius 1 is 1.09 bits per heavy atom. The summed E-state index contributed by atoms with van der Waals surface area (Å²) in [5.74, 6) is -0.0828. The number of aromatic amines is 1. The van der Waals surface area contributed by atoms with Gasteiger partial charge >= 0.3 is 5.69 Å². The van der Waals surface area contributed by atoms with Gasteiger partial charge in [-0.2, -0.15) is 0 Å². The average Bonchev–Trinajstić information content (AvgIpc) is 2.80. The van der Waals surface area contributed by atoms with Gasteiger partial charge in [0.05, 0.1) is 10.9 Å². The van der Waals surface area contributed by atoms with Crippen LogP contribution in [0.1, 0.15) is 49.0 Å². The second-order valence-corrected chi connectivity index (χ2v) is 8.99. The van der Waals surface area contributed by atoms with Crippen LogP contribution in [-0.2, 0) is 6.54 Å². The van der Waals surface area contributed by atoms with E-state index in [4.69, 9.17) is 0 Å². The van der Waals surface area contributed by atoms with Crippen molar-refractivity contribution in [3.05, 3.63) is 74.4 Å². The molecule has 2 aromatic carbocycles. The quantitative estimate of drug-likeness (QED) is 0.585. The van der Waals surface area contributed by atoms with Crippen molar-refractivity contribution in [2.75, 3.05) is 24.5 Å². The van der Waals surface area contributed by atoms with Crippen LogP contribution in [0, 0.1) is 6.92 Å². The minimum absolute atomic E-state index is 0.0828. The minimum atomic E-state index is -0.423. The Morgan fingerprint density at radius 2 is 1.91 bits per heavy atom. The molecular weight excluding hydrogens is 416 g/mol. The van der Waals surface area contributed by atoms with E-state index < -0.39 is 5.69 Å². The third-order valence-corrected chi connectivity index (χ3v) is 6.46. The molecule has 0 aliphatic carbocycles. The number of nitrogens with one attached hydrogen (secondary N) is 1. The summed E-state index contributed by atoms with van der Waals surface area (Å²) in [4.78, 5) is 45.5. The van der Waals surface area contributed by atoms with E-state index in [2.05, 4.69) is 54.9 Å². The van der Waals surface area contributed by atoms with E-state index in [1.165, 1.54) is 15.8 Å². The number of piperazine rings is 1. The molecule has 0 spiro atoms. The predicted molar refractivity (Wildman–Crippen MR) is 132 cm³/mol. The van der Waals surface area contributed by atoms with Gasteiger partial charge in [0.2, 0.25) is 0 Å². The molecule has 0 bridgehead atoms. The maximum absolute atomic E-state index is 13.2. The molecule has 1 saturated heterocycles. The van der Waals surface area contributed by atoms with E-state index in [0.717, 1.165) is 25.8 Å². The first-order valence-electron chi connectivity index (χ1n) is 11.8. The Morgan fingerprint density at radius 3 is 2.64 bits per heavy atom. The molecule has 1 unspecified atom stereocenters. The number of amides is 1. The molecule has 7 heteroatoms. The summed E-state index contributed by atoms with van der Waals surface area (Å²) in [6, 6.07) is 13.6. The Labute approximate surface area is 193 Å². The average molecular weight is 449 g/mol. The van der Waals surface area contributed by atoms with Crippen LogP contribution in [-0.4, -0.2) is 46.0 Å². The van der Waals surface area contributed by atoms with Gasteiger partial charge in [-0.05, 0) is 56.2 Å². The number of fused-ring (bicyclic) bond motifs is 1. The Balaban J connectivity index is 1.53. The molecule has 4 rings (SSSR count). The number of rotatable bonds is 6. The molecule has 1 atom stereocenters. The molecule has 1 aliphatic rings. The molecule has 7 nitrogen and oxygen atoms in total. The van der Waals surface area contributed by atoms with Crippen molar-refractivity contribution in [1.82, 2.24) is 14.5 Å². The number of aromatic nitrogens is 2. The highest BCUT2D eigenvalue weighted by molar-refractivity contribution is 5.97. The number of hydrogen-bond donors (Lipinski definition) is 1. The van der Waals surface area contributed by atoms with Crippen LogP contribution in [0.5, 0.6) is 0 Å². The summed E-state index contributed by atoms with van der Waals surface area (Å²) in [6.45, 7) is 8.67. The van der Waals surface area contributed by atoms with E-state index in [0.29, 0.717) is 36.1 Å². The highest BCUT2D eigenvalue weighted by Gasteiger charge is 2.27. The second-order valence-electron chi connectivity index (χ2n) is 8.99. The summed E-state index contributed by atoms with van der Waals surface area (Å²) in [6.07, 6.45) is 2.77. The fourth-order valence-corrected chi connectivity index (χ4v) is 4.63. The molecular formula is C26H32N4O3. The molecule has 1 aromatic heterocycles. The molecule has 174 valence electrons. The Kier molecular flexibility index (Phi) is 6.67. The Bertz CT molecular complexity index is 1280. The standard InChI is InChI=1S/C26H32N4O3/c1-4-5-6-12-30-25(32)22-11-10-20(16-23(22)27-26(30)33)24(31)28-13-14-29(19(3)17-28)21-9-7-8-18(2)15-21/h7-11,15-16,19H,4-6,12-14,17H2,1-3H3,(H,27,33). The highest BCUT2D eigenvalue weighted by atomic mass is 16.2. The van der Waals surface area contributed by atoms with Gasteiger partial charge in [-0.1, -0.05) is 31.9 Å². The van der Waals surface area contributed by atoms with Crippen molar-refractivity contribution < 1.29 is 4.79 Å². The second kappa shape index (κ2) is 9.65. The fourth-order valence-electron chi connectivity index (χ4n) is 4.63. The monoisotopic (exact) mass is 448 g/mol. The van der Waals surface area contributed by atoms with Crippen molar-refractivity contribution in [2.45, 2.75) is 52.6 Å². The largest absolute Gasteiger partial charge is 0.365 e. The number of carbonyl (C=O) groups is 1. The van der Waals surface area contributed by atoms with Crippen molar-refractivity contribution in [3.63, 3.8) is 0 Å². The molecule has 1 aliphatic heterocycles. The summed E-state index contributed by atoms with van der Waals surface area (Å²) < 4.78 is 1.26. The minimum Gasteiger partial charge on any atom is -0.365 e. The van der Waals surface area contributed by atoms with Crippen LogP contribution in [0.3, 0.4) is 0 Å². The molecule has 2 heterocycles. The topological polar surface area (TPSA) is 78.4 Å². The summed E-state index contributed by atoms with van der Waals surface area (Å²) >= 11 is 0. The maximum atomic E-state index is 13.2. The molecule has 1 fully saturated rings. The van der Waals surface area contributed by atoms with Crippen LogP contribution >= 0.6 is 0 Å². The van der Waals surface area contributed by atoms with E-state index in [9.17, 15) is 14.4 Å². The lowest BCUT2D eigenvalue weighted by Crippen LogP contribution is -2.53. The SMILES string of the molecule is CCCCCn1c(=O)[nH]c2cc(C(=O)N3CCN(c4cccc(C)c4)C(C)C3)ccc2c1=O. The van der Waals surface area contributed by atoms with E-state index in [-0.39, 0.29) is 17.5 Å². The number of nitrogens with zero attached hydrogens (tertiary/aromatic N) is 3. The number of benzene rings is 2. The van der Waals surface area contributed by atoms with Crippen molar-refractivity contribution in [2.24, 2.45) is 0 Å². The van der Waals surface area contributed by atoms with Gasteiger partial charge in [-0.25, -0.2) is 4.79 Å². The summed E-state index contributed by atoms with van der Waals surface area (Å²) in [7, 11) is 0. The van der Waals surface area contributed by atoms with Gasteiger partial charge < -0.3 is 14.8 Å². The van der Waals surface area contributed by atoms with Gasteiger partial charge in [0.15, 0.2) is 0 Å². The molecule has 0 saturated carbocycles. The lowest BCUT2D eigenvalue weighted by molar-refractivity contribution is 0.0726. The van der Waals surface area contributed by atoms with Gasteiger partial charge in [0.25, 0.3) is 11.5 Å². The zero-order valence-corrected chi connectivity index (χ0v) is 19.6. The van der Waals surface area contributed by atoms with E-state index in [1.807, 2.05) is 4.90 Å². The molecule has 1 amide bonds. The first-order valence-corrected chi connectivity index (χ1v) is 11.8. The Hall–Kier alpha value is -3.35. The highest BCUT2D eigenvalue weighted by Crippen LogP contribution is 2.23. The first kappa shape index (κ1) is 22.8.